The summed E-state index contributed by atoms with van der Waals surface area (Å²) < 4.78 is 5.36. The molecule has 0 aromatic carbocycles. The molecule has 0 saturated heterocycles. The summed E-state index contributed by atoms with van der Waals surface area (Å²) in [5, 5.41) is 3.75. The van der Waals surface area contributed by atoms with Gasteiger partial charge in [0.05, 0.1) is 18.8 Å². The van der Waals surface area contributed by atoms with Gasteiger partial charge >= 0.3 is 0 Å². The lowest BCUT2D eigenvalue weighted by Gasteiger charge is -2.01. The molecule has 5 nitrogen and oxygen atoms in total. The number of oxime groups is 1. The number of nitrogens with zero attached hydrogens (tertiary/aromatic N) is 3. The molecular formula is C9H9N3O2. The van der Waals surface area contributed by atoms with Crippen LogP contribution in [0.15, 0.2) is 36.5 Å². The molecule has 0 spiro atoms. The Morgan fingerprint density at radius 3 is 2.93 bits per heavy atom. The number of hydrogen-bond donors (Lipinski definition) is 0. The first-order valence-corrected chi connectivity index (χ1v) is 4.16. The number of rotatable bonds is 2. The van der Waals surface area contributed by atoms with Gasteiger partial charge in [0.1, 0.15) is 6.33 Å². The van der Waals surface area contributed by atoms with Gasteiger partial charge in [-0.2, -0.15) is 0 Å². The molecule has 0 aliphatic carbocycles. The van der Waals surface area contributed by atoms with Crippen LogP contribution in [0.2, 0.25) is 0 Å². The zero-order chi connectivity index (χ0) is 9.80. The molecule has 1 aliphatic rings. The minimum Gasteiger partial charge on any atom is -0.436 e. The Labute approximate surface area is 81.1 Å². The summed E-state index contributed by atoms with van der Waals surface area (Å²) in [5.74, 6) is 1.07. The van der Waals surface area contributed by atoms with Gasteiger partial charge in [0.2, 0.25) is 5.90 Å². The molecule has 0 amide bonds. The third kappa shape index (κ3) is 1.87. The molecule has 0 N–H and O–H groups in total. The molecule has 2 rings (SSSR count). The van der Waals surface area contributed by atoms with E-state index in [0.717, 1.165) is 0 Å². The second kappa shape index (κ2) is 3.87. The molecular weight excluding hydrogens is 182 g/mol. The van der Waals surface area contributed by atoms with E-state index in [1.807, 2.05) is 0 Å². The number of ether oxygens (including phenoxy) is 1. The normalized spacial score (nSPS) is 19.7. The highest BCUT2D eigenvalue weighted by Gasteiger charge is 2.19. The Balaban J connectivity index is 1.97. The summed E-state index contributed by atoms with van der Waals surface area (Å²) >= 11 is 0. The fourth-order valence-corrected chi connectivity index (χ4v) is 1.03. The molecule has 1 atom stereocenters. The molecule has 1 aromatic heterocycles. The largest absolute Gasteiger partial charge is 0.436 e. The maximum Gasteiger partial charge on any atom is 0.235 e. The van der Waals surface area contributed by atoms with Crippen LogP contribution in [0.1, 0.15) is 6.42 Å². The van der Waals surface area contributed by atoms with Crippen molar-refractivity contribution in [3.63, 3.8) is 0 Å². The van der Waals surface area contributed by atoms with Crippen LogP contribution in [0.3, 0.4) is 0 Å². The van der Waals surface area contributed by atoms with E-state index in [1.165, 1.54) is 6.33 Å². The molecule has 14 heavy (non-hydrogen) atoms. The third-order valence-corrected chi connectivity index (χ3v) is 1.70. The second-order valence-electron chi connectivity index (χ2n) is 2.74. The molecule has 5 heteroatoms. The molecule has 1 aromatic rings. The molecule has 0 bridgehead atoms. The van der Waals surface area contributed by atoms with E-state index < -0.39 is 0 Å². The van der Waals surface area contributed by atoms with Crippen LogP contribution in [0, 0.1) is 0 Å². The Morgan fingerprint density at radius 1 is 1.50 bits per heavy atom. The topological polar surface area (TPSA) is 56.6 Å². The fourth-order valence-electron chi connectivity index (χ4n) is 1.03. The van der Waals surface area contributed by atoms with Crippen LogP contribution < -0.4 is 4.74 Å². The minimum absolute atomic E-state index is 0.0883. The van der Waals surface area contributed by atoms with E-state index in [-0.39, 0.29) is 6.10 Å². The summed E-state index contributed by atoms with van der Waals surface area (Å²) in [7, 11) is 0. The average Bonchev–Trinajstić information content (AvgIpc) is 2.67. The highest BCUT2D eigenvalue weighted by Crippen LogP contribution is 2.14. The summed E-state index contributed by atoms with van der Waals surface area (Å²) in [6, 6.07) is 0. The van der Waals surface area contributed by atoms with E-state index in [1.54, 1.807) is 18.5 Å². The lowest BCUT2D eigenvalue weighted by Crippen LogP contribution is -2.09. The van der Waals surface area contributed by atoms with Crippen molar-refractivity contribution in [3.05, 3.63) is 31.4 Å². The Kier molecular flexibility index (Phi) is 2.40. The first-order chi connectivity index (χ1) is 6.88. The van der Waals surface area contributed by atoms with Crippen LogP contribution in [-0.4, -0.2) is 22.0 Å². The molecule has 1 unspecified atom stereocenters. The van der Waals surface area contributed by atoms with Crippen molar-refractivity contribution in [2.24, 2.45) is 5.16 Å². The van der Waals surface area contributed by atoms with E-state index in [2.05, 4.69) is 21.7 Å². The second-order valence-corrected chi connectivity index (χ2v) is 2.74. The maximum atomic E-state index is 5.36. The van der Waals surface area contributed by atoms with Crippen molar-refractivity contribution < 1.29 is 9.57 Å². The Bertz CT molecular complexity index is 350. The van der Waals surface area contributed by atoms with Crippen molar-refractivity contribution in [3.8, 4) is 5.75 Å². The van der Waals surface area contributed by atoms with Crippen molar-refractivity contribution in [2.75, 3.05) is 0 Å². The summed E-state index contributed by atoms with van der Waals surface area (Å²) in [5.41, 5.74) is 0. The summed E-state index contributed by atoms with van der Waals surface area (Å²) in [6.45, 7) is 3.61. The van der Waals surface area contributed by atoms with E-state index in [0.29, 0.717) is 18.1 Å². The lowest BCUT2D eigenvalue weighted by atomic mass is 10.2. The Hall–Kier alpha value is -1.91. The fraction of sp³-hybridized carbons (Fsp3) is 0.222. The highest BCUT2D eigenvalue weighted by molar-refractivity contribution is 5.79. The van der Waals surface area contributed by atoms with Crippen molar-refractivity contribution in [2.45, 2.75) is 12.5 Å². The van der Waals surface area contributed by atoms with Crippen molar-refractivity contribution in [1.82, 2.24) is 9.97 Å². The highest BCUT2D eigenvalue weighted by atomic mass is 16.7. The van der Waals surface area contributed by atoms with Gasteiger partial charge < -0.3 is 9.57 Å². The van der Waals surface area contributed by atoms with Crippen molar-refractivity contribution >= 4 is 5.90 Å². The lowest BCUT2D eigenvalue weighted by molar-refractivity contribution is 0.119. The van der Waals surface area contributed by atoms with E-state index in [4.69, 9.17) is 9.57 Å². The molecule has 0 saturated carbocycles. The van der Waals surface area contributed by atoms with Gasteiger partial charge in [0.25, 0.3) is 0 Å². The first kappa shape index (κ1) is 8.68. The quantitative estimate of drug-likeness (QED) is 0.658. The number of hydrogen-bond acceptors (Lipinski definition) is 5. The SMILES string of the molecule is C=CC1CC(Oc2cncnc2)=NO1. The van der Waals surface area contributed by atoms with Gasteiger partial charge in [-0.05, 0) is 6.08 Å². The maximum absolute atomic E-state index is 5.36. The van der Waals surface area contributed by atoms with Crippen molar-refractivity contribution in [1.29, 1.82) is 0 Å². The standard InChI is InChI=1S/C9H9N3O2/c1-2-7-3-9(12-14-7)13-8-4-10-6-11-5-8/h2,4-7H,1,3H2. The first-order valence-electron chi connectivity index (χ1n) is 4.16. The minimum atomic E-state index is -0.0883. The van der Waals surface area contributed by atoms with E-state index in [9.17, 15) is 0 Å². The van der Waals surface area contributed by atoms with Crippen LogP contribution >= 0.6 is 0 Å². The van der Waals surface area contributed by atoms with E-state index >= 15 is 0 Å². The molecule has 1 aliphatic heterocycles. The van der Waals surface area contributed by atoms with Crippen LogP contribution in [-0.2, 0) is 4.84 Å². The van der Waals surface area contributed by atoms with Gasteiger partial charge in [0, 0.05) is 0 Å². The van der Waals surface area contributed by atoms with Crippen LogP contribution in [0.25, 0.3) is 0 Å². The smallest absolute Gasteiger partial charge is 0.235 e. The predicted molar refractivity (Wildman–Crippen MR) is 49.8 cm³/mol. The summed E-state index contributed by atoms with van der Waals surface area (Å²) in [4.78, 5) is 12.6. The molecule has 0 radical (unpaired) electrons. The predicted octanol–water partition coefficient (Wildman–Crippen LogP) is 1.14. The zero-order valence-electron chi connectivity index (χ0n) is 7.46. The monoisotopic (exact) mass is 191 g/mol. The van der Waals surface area contributed by atoms with Gasteiger partial charge in [-0.15, -0.1) is 0 Å². The van der Waals surface area contributed by atoms with Crippen LogP contribution in [0.5, 0.6) is 5.75 Å². The van der Waals surface area contributed by atoms with Gasteiger partial charge in [-0.25, -0.2) is 9.97 Å². The summed E-state index contributed by atoms with van der Waals surface area (Å²) in [6.07, 6.45) is 6.76. The number of aromatic nitrogens is 2. The van der Waals surface area contributed by atoms with Crippen LogP contribution in [0.4, 0.5) is 0 Å². The molecule has 0 fully saturated rings. The van der Waals surface area contributed by atoms with Gasteiger partial charge in [-0.3, -0.25) is 0 Å². The Morgan fingerprint density at radius 2 is 2.29 bits per heavy atom. The molecule has 2 heterocycles. The zero-order valence-corrected chi connectivity index (χ0v) is 7.46. The van der Waals surface area contributed by atoms with Gasteiger partial charge in [0.15, 0.2) is 11.9 Å². The third-order valence-electron chi connectivity index (χ3n) is 1.70. The van der Waals surface area contributed by atoms with Gasteiger partial charge in [-0.1, -0.05) is 11.7 Å². The molecule has 72 valence electrons. The average molecular weight is 191 g/mol.